The molecule has 0 saturated heterocycles. The second-order valence-corrected chi connectivity index (χ2v) is 4.41. The Kier molecular flexibility index (Phi) is 3.06. The van der Waals surface area contributed by atoms with Crippen molar-refractivity contribution in [3.05, 3.63) is 20.3 Å². The summed E-state index contributed by atoms with van der Waals surface area (Å²) in [5.74, 6) is 0. The Morgan fingerprint density at radius 2 is 2.36 bits per heavy atom. The summed E-state index contributed by atoms with van der Waals surface area (Å²) in [7, 11) is 0. The highest BCUT2D eigenvalue weighted by atomic mass is 79.9. The monoisotopic (exact) mass is 236 g/mol. The van der Waals surface area contributed by atoms with Gasteiger partial charge in [0.25, 0.3) is 0 Å². The summed E-state index contributed by atoms with van der Waals surface area (Å²) in [5.41, 5.74) is 0. The minimum atomic E-state index is -0.747. The van der Waals surface area contributed by atoms with Crippen LogP contribution in [0, 0.1) is 6.92 Å². The molecule has 2 nitrogen and oxygen atoms in total. The van der Waals surface area contributed by atoms with E-state index in [-0.39, 0.29) is 6.61 Å². The molecule has 1 aromatic rings. The number of halogens is 1. The van der Waals surface area contributed by atoms with E-state index in [9.17, 15) is 5.11 Å². The third kappa shape index (κ3) is 2.02. The zero-order chi connectivity index (χ0) is 8.43. The van der Waals surface area contributed by atoms with Gasteiger partial charge >= 0.3 is 0 Å². The molecule has 0 aliphatic carbocycles. The van der Waals surface area contributed by atoms with Crippen LogP contribution in [0.5, 0.6) is 0 Å². The van der Waals surface area contributed by atoms with Gasteiger partial charge in [0.2, 0.25) is 0 Å². The topological polar surface area (TPSA) is 40.5 Å². The number of aliphatic hydroxyl groups excluding tert-OH is 2. The number of hydrogen-bond donors (Lipinski definition) is 2. The molecule has 1 atom stereocenters. The number of hydrogen-bond acceptors (Lipinski definition) is 3. The molecule has 4 heteroatoms. The number of rotatable bonds is 2. The van der Waals surface area contributed by atoms with Crippen LogP contribution >= 0.6 is 27.3 Å². The smallest absolute Gasteiger partial charge is 0.112 e. The van der Waals surface area contributed by atoms with Crippen molar-refractivity contribution < 1.29 is 10.2 Å². The molecule has 1 rings (SSSR count). The highest BCUT2D eigenvalue weighted by molar-refractivity contribution is 9.10. The number of aryl methyl sites for hydroxylation is 1. The van der Waals surface area contributed by atoms with Gasteiger partial charge in [-0.25, -0.2) is 0 Å². The van der Waals surface area contributed by atoms with Gasteiger partial charge in [-0.15, -0.1) is 11.3 Å². The fourth-order valence-corrected chi connectivity index (χ4v) is 2.70. The predicted molar refractivity (Wildman–Crippen MR) is 48.8 cm³/mol. The first-order valence-corrected chi connectivity index (χ1v) is 4.81. The molecule has 2 N–H and O–H groups in total. The Morgan fingerprint density at radius 1 is 1.73 bits per heavy atom. The minimum Gasteiger partial charge on any atom is -0.393 e. The Hall–Kier alpha value is 0.1000. The average molecular weight is 237 g/mol. The molecule has 62 valence electrons. The molecule has 1 heterocycles. The quantitative estimate of drug-likeness (QED) is 0.823. The number of thiophene rings is 1. The van der Waals surface area contributed by atoms with Gasteiger partial charge in [0.05, 0.1) is 6.61 Å². The van der Waals surface area contributed by atoms with Crippen LogP contribution in [0.2, 0.25) is 0 Å². The van der Waals surface area contributed by atoms with Crippen molar-refractivity contribution in [1.29, 1.82) is 0 Å². The van der Waals surface area contributed by atoms with E-state index < -0.39 is 6.10 Å². The summed E-state index contributed by atoms with van der Waals surface area (Å²) in [6, 6.07) is 1.93. The van der Waals surface area contributed by atoms with Crippen molar-refractivity contribution in [2.75, 3.05) is 6.61 Å². The Labute approximate surface area is 77.6 Å². The normalized spacial score (nSPS) is 13.5. The maximum absolute atomic E-state index is 9.25. The van der Waals surface area contributed by atoms with Gasteiger partial charge in [-0.3, -0.25) is 0 Å². The average Bonchev–Trinajstić information content (AvgIpc) is 2.28. The molecule has 0 amide bonds. The third-order valence-corrected chi connectivity index (χ3v) is 3.38. The fraction of sp³-hybridized carbons (Fsp3) is 0.429. The third-order valence-electron chi connectivity index (χ3n) is 1.31. The van der Waals surface area contributed by atoms with Crippen LogP contribution in [0.15, 0.2) is 10.5 Å². The SMILES string of the molecule is Cc1cc(Br)c(C(O)CO)s1. The molecule has 0 spiro atoms. The highest BCUT2D eigenvalue weighted by Crippen LogP contribution is 2.31. The Balaban J connectivity index is 2.93. The van der Waals surface area contributed by atoms with E-state index in [1.807, 2.05) is 13.0 Å². The van der Waals surface area contributed by atoms with Crippen LogP contribution in [-0.2, 0) is 0 Å². The van der Waals surface area contributed by atoms with Gasteiger partial charge in [0, 0.05) is 14.2 Å². The first-order valence-electron chi connectivity index (χ1n) is 3.20. The summed E-state index contributed by atoms with van der Waals surface area (Å²) in [6.45, 7) is 1.74. The second-order valence-electron chi connectivity index (χ2n) is 2.27. The molecule has 0 bridgehead atoms. The molecular weight excluding hydrogens is 228 g/mol. The van der Waals surface area contributed by atoms with Crippen LogP contribution in [0.25, 0.3) is 0 Å². The lowest BCUT2D eigenvalue weighted by Crippen LogP contribution is -1.99. The van der Waals surface area contributed by atoms with E-state index in [2.05, 4.69) is 15.9 Å². The molecule has 1 aromatic heterocycles. The van der Waals surface area contributed by atoms with Gasteiger partial charge in [-0.1, -0.05) is 0 Å². The lowest BCUT2D eigenvalue weighted by atomic mass is 10.3. The van der Waals surface area contributed by atoms with E-state index in [4.69, 9.17) is 5.11 Å². The first-order chi connectivity index (χ1) is 5.15. The molecule has 11 heavy (non-hydrogen) atoms. The lowest BCUT2D eigenvalue weighted by molar-refractivity contribution is 0.0979. The molecule has 1 unspecified atom stereocenters. The molecular formula is C7H9BrO2S. The summed E-state index contributed by atoms with van der Waals surface area (Å²) < 4.78 is 0.876. The Bertz CT molecular complexity index is 247. The van der Waals surface area contributed by atoms with Gasteiger partial charge in [-0.05, 0) is 28.9 Å². The molecule has 0 radical (unpaired) electrons. The van der Waals surface area contributed by atoms with E-state index >= 15 is 0 Å². The summed E-state index contributed by atoms with van der Waals surface area (Å²) in [4.78, 5) is 1.92. The maximum atomic E-state index is 9.25. The predicted octanol–water partition coefficient (Wildman–Crippen LogP) is 1.84. The van der Waals surface area contributed by atoms with Crippen LogP contribution in [0.1, 0.15) is 15.9 Å². The largest absolute Gasteiger partial charge is 0.393 e. The molecule has 0 aliphatic heterocycles. The summed E-state index contributed by atoms with van der Waals surface area (Å²) in [6.07, 6.45) is -0.747. The van der Waals surface area contributed by atoms with Crippen molar-refractivity contribution in [3.63, 3.8) is 0 Å². The van der Waals surface area contributed by atoms with Crippen molar-refractivity contribution in [2.45, 2.75) is 13.0 Å². The van der Waals surface area contributed by atoms with Crippen molar-refractivity contribution >= 4 is 27.3 Å². The van der Waals surface area contributed by atoms with Gasteiger partial charge in [-0.2, -0.15) is 0 Å². The van der Waals surface area contributed by atoms with E-state index in [1.165, 1.54) is 11.3 Å². The molecule has 0 fully saturated rings. The molecule has 0 aliphatic rings. The first kappa shape index (κ1) is 9.19. The summed E-state index contributed by atoms with van der Waals surface area (Å²) in [5, 5.41) is 17.9. The van der Waals surface area contributed by atoms with Crippen molar-refractivity contribution in [1.82, 2.24) is 0 Å². The lowest BCUT2D eigenvalue weighted by Gasteiger charge is -2.03. The maximum Gasteiger partial charge on any atom is 0.112 e. The molecule has 0 aromatic carbocycles. The zero-order valence-corrected chi connectivity index (χ0v) is 8.44. The summed E-state index contributed by atoms with van der Waals surface area (Å²) >= 11 is 4.79. The number of aliphatic hydroxyl groups is 2. The minimum absolute atomic E-state index is 0.224. The van der Waals surface area contributed by atoms with Gasteiger partial charge < -0.3 is 10.2 Å². The van der Waals surface area contributed by atoms with Gasteiger partial charge in [0.1, 0.15) is 6.10 Å². The van der Waals surface area contributed by atoms with E-state index in [0.717, 1.165) is 14.2 Å². The van der Waals surface area contributed by atoms with Crippen molar-refractivity contribution in [2.24, 2.45) is 0 Å². The zero-order valence-electron chi connectivity index (χ0n) is 6.04. The standard InChI is InChI=1S/C7H9BrO2S/c1-4-2-5(8)7(11-4)6(10)3-9/h2,6,9-10H,3H2,1H3. The van der Waals surface area contributed by atoms with E-state index in [0.29, 0.717) is 0 Å². The van der Waals surface area contributed by atoms with Crippen LogP contribution in [-0.4, -0.2) is 16.8 Å². The Morgan fingerprint density at radius 3 is 2.73 bits per heavy atom. The second kappa shape index (κ2) is 3.67. The van der Waals surface area contributed by atoms with Crippen molar-refractivity contribution in [3.8, 4) is 0 Å². The highest BCUT2D eigenvalue weighted by Gasteiger charge is 2.12. The fourth-order valence-electron chi connectivity index (χ4n) is 0.811. The van der Waals surface area contributed by atoms with Gasteiger partial charge in [0.15, 0.2) is 0 Å². The molecule has 0 saturated carbocycles. The van der Waals surface area contributed by atoms with E-state index in [1.54, 1.807) is 0 Å². The van der Waals surface area contributed by atoms with Crippen LogP contribution in [0.4, 0.5) is 0 Å². The van der Waals surface area contributed by atoms with Crippen LogP contribution in [0.3, 0.4) is 0 Å². The van der Waals surface area contributed by atoms with Crippen LogP contribution < -0.4 is 0 Å².